The fourth-order valence-corrected chi connectivity index (χ4v) is 0.864. The van der Waals surface area contributed by atoms with Gasteiger partial charge in [-0.25, -0.2) is 8.78 Å². The molecular weight excluding hydrogens is 172 g/mol. The fraction of sp³-hybridized carbons (Fsp3) is 1.00. The number of nitrogens with zero attached hydrogens (tertiary/aromatic N) is 1. The van der Waals surface area contributed by atoms with Gasteiger partial charge in [0.2, 0.25) is 0 Å². The molecule has 0 spiro atoms. The second kappa shape index (κ2) is 4.36. The molecule has 0 aromatic carbocycles. The average molecular weight is 193 g/mol. The molecule has 1 nitrogen and oxygen atoms in total. The van der Waals surface area contributed by atoms with Gasteiger partial charge in [0.15, 0.2) is 0 Å². The summed E-state index contributed by atoms with van der Waals surface area (Å²) in [6.07, 6.45) is -0.0547. The lowest BCUT2D eigenvalue weighted by Gasteiger charge is -2.31. The van der Waals surface area contributed by atoms with Crippen LogP contribution in [-0.2, 0) is 0 Å². The summed E-state index contributed by atoms with van der Waals surface area (Å²) in [6, 6.07) is 0. The summed E-state index contributed by atoms with van der Waals surface area (Å²) in [6.45, 7) is 7.99. The second-order valence-electron chi connectivity index (χ2n) is 4.60. The first-order chi connectivity index (χ1) is 5.70. The molecule has 0 saturated heterocycles. The molecule has 0 aliphatic heterocycles. The molecule has 0 aromatic heterocycles. The second-order valence-corrected chi connectivity index (χ2v) is 4.60. The first kappa shape index (κ1) is 12.8. The molecule has 0 heterocycles. The van der Waals surface area contributed by atoms with E-state index in [9.17, 15) is 8.78 Å². The number of rotatable bonds is 4. The van der Waals surface area contributed by atoms with E-state index >= 15 is 0 Å². The number of hydrogen-bond acceptors (Lipinski definition) is 1. The maximum absolute atomic E-state index is 13.4. The van der Waals surface area contributed by atoms with Gasteiger partial charge in [0.05, 0.1) is 0 Å². The molecule has 0 unspecified atom stereocenters. The van der Waals surface area contributed by atoms with Gasteiger partial charge in [-0.3, -0.25) is 0 Å². The van der Waals surface area contributed by atoms with E-state index in [2.05, 4.69) is 0 Å². The van der Waals surface area contributed by atoms with Crippen molar-refractivity contribution in [3.63, 3.8) is 0 Å². The van der Waals surface area contributed by atoms with E-state index in [1.807, 2.05) is 18.9 Å². The van der Waals surface area contributed by atoms with E-state index in [1.54, 1.807) is 20.8 Å². The van der Waals surface area contributed by atoms with Gasteiger partial charge in [-0.05, 0) is 13.6 Å². The minimum Gasteiger partial charge on any atom is -0.306 e. The average Bonchev–Trinajstić information content (AvgIpc) is 1.98. The standard InChI is InChI=1S/C10H21F2N/c1-6-13(5)8-7-10(11,12)9(2,3)4/h6-8H2,1-5H3. The van der Waals surface area contributed by atoms with Gasteiger partial charge in [-0.15, -0.1) is 0 Å². The summed E-state index contributed by atoms with van der Waals surface area (Å²) in [4.78, 5) is 1.90. The zero-order chi connectivity index (χ0) is 10.7. The lowest BCUT2D eigenvalue weighted by atomic mass is 9.86. The van der Waals surface area contributed by atoms with Crippen LogP contribution in [0.3, 0.4) is 0 Å². The first-order valence-corrected chi connectivity index (χ1v) is 4.77. The van der Waals surface area contributed by atoms with Gasteiger partial charge in [-0.2, -0.15) is 0 Å². The normalized spacial score (nSPS) is 13.8. The molecule has 13 heavy (non-hydrogen) atoms. The Bertz CT molecular complexity index is 149. The Morgan fingerprint density at radius 1 is 1.15 bits per heavy atom. The summed E-state index contributed by atoms with van der Waals surface area (Å²) in [5.41, 5.74) is -0.929. The molecule has 0 saturated carbocycles. The van der Waals surface area contributed by atoms with Crippen LogP contribution in [0.4, 0.5) is 8.78 Å². The Labute approximate surface area is 80.1 Å². The zero-order valence-electron chi connectivity index (χ0n) is 9.32. The third kappa shape index (κ3) is 4.03. The van der Waals surface area contributed by atoms with Crippen LogP contribution in [0.25, 0.3) is 0 Å². The first-order valence-electron chi connectivity index (χ1n) is 4.77. The summed E-state index contributed by atoms with van der Waals surface area (Å²) in [5.74, 6) is -2.57. The Hall–Kier alpha value is -0.180. The zero-order valence-corrected chi connectivity index (χ0v) is 9.32. The number of hydrogen-bond donors (Lipinski definition) is 0. The highest BCUT2D eigenvalue weighted by Gasteiger charge is 2.42. The minimum absolute atomic E-state index is 0.0547. The summed E-state index contributed by atoms with van der Waals surface area (Å²) < 4.78 is 26.8. The van der Waals surface area contributed by atoms with Crippen LogP contribution in [0.1, 0.15) is 34.1 Å². The maximum Gasteiger partial charge on any atom is 0.254 e. The molecule has 0 atom stereocenters. The van der Waals surface area contributed by atoms with Crippen LogP contribution in [0.5, 0.6) is 0 Å². The van der Waals surface area contributed by atoms with Crippen molar-refractivity contribution in [2.75, 3.05) is 20.1 Å². The number of halogens is 2. The van der Waals surface area contributed by atoms with Gasteiger partial charge >= 0.3 is 0 Å². The molecule has 80 valence electrons. The van der Waals surface area contributed by atoms with E-state index in [0.29, 0.717) is 6.54 Å². The molecule has 0 bridgehead atoms. The van der Waals surface area contributed by atoms with Crippen molar-refractivity contribution in [2.24, 2.45) is 5.41 Å². The van der Waals surface area contributed by atoms with Crippen molar-refractivity contribution >= 4 is 0 Å². The summed E-state index contributed by atoms with van der Waals surface area (Å²) >= 11 is 0. The van der Waals surface area contributed by atoms with Crippen LogP contribution < -0.4 is 0 Å². The Morgan fingerprint density at radius 3 is 1.92 bits per heavy atom. The molecule has 3 heteroatoms. The molecule has 0 rings (SSSR count). The van der Waals surface area contributed by atoms with Crippen molar-refractivity contribution < 1.29 is 8.78 Å². The Morgan fingerprint density at radius 2 is 1.62 bits per heavy atom. The lowest BCUT2D eigenvalue weighted by Crippen LogP contribution is -2.37. The van der Waals surface area contributed by atoms with Crippen molar-refractivity contribution in [1.29, 1.82) is 0 Å². The van der Waals surface area contributed by atoms with Crippen LogP contribution in [0.2, 0.25) is 0 Å². The van der Waals surface area contributed by atoms with E-state index in [0.717, 1.165) is 6.54 Å². The molecule has 0 fully saturated rings. The van der Waals surface area contributed by atoms with E-state index in [-0.39, 0.29) is 6.42 Å². The van der Waals surface area contributed by atoms with E-state index < -0.39 is 11.3 Å². The van der Waals surface area contributed by atoms with E-state index in [4.69, 9.17) is 0 Å². The Balaban J connectivity index is 4.04. The fourth-order valence-electron chi connectivity index (χ4n) is 0.864. The van der Waals surface area contributed by atoms with Gasteiger partial charge in [-0.1, -0.05) is 27.7 Å². The van der Waals surface area contributed by atoms with Crippen molar-refractivity contribution in [1.82, 2.24) is 4.90 Å². The molecule has 0 aliphatic rings. The third-order valence-electron chi connectivity index (χ3n) is 2.44. The molecule has 0 N–H and O–H groups in total. The van der Waals surface area contributed by atoms with Gasteiger partial charge in [0.25, 0.3) is 5.92 Å². The highest BCUT2D eigenvalue weighted by atomic mass is 19.3. The SMILES string of the molecule is CCN(C)CCC(F)(F)C(C)(C)C. The summed E-state index contributed by atoms with van der Waals surface area (Å²) in [5, 5.41) is 0. The highest BCUT2D eigenvalue weighted by Crippen LogP contribution is 2.38. The van der Waals surface area contributed by atoms with Gasteiger partial charge < -0.3 is 4.90 Å². The minimum atomic E-state index is -2.57. The predicted octanol–water partition coefficient (Wildman–Crippen LogP) is 3.01. The lowest BCUT2D eigenvalue weighted by molar-refractivity contribution is -0.106. The predicted molar refractivity (Wildman–Crippen MR) is 52.2 cm³/mol. The number of alkyl halides is 2. The highest BCUT2D eigenvalue weighted by molar-refractivity contribution is 4.81. The summed E-state index contributed by atoms with van der Waals surface area (Å²) in [7, 11) is 1.86. The largest absolute Gasteiger partial charge is 0.306 e. The van der Waals surface area contributed by atoms with Crippen LogP contribution in [0, 0.1) is 5.41 Å². The topological polar surface area (TPSA) is 3.24 Å². The maximum atomic E-state index is 13.4. The monoisotopic (exact) mass is 193 g/mol. The van der Waals surface area contributed by atoms with E-state index in [1.165, 1.54) is 0 Å². The van der Waals surface area contributed by atoms with Crippen LogP contribution in [-0.4, -0.2) is 31.0 Å². The molecule has 0 radical (unpaired) electrons. The molecule has 0 aliphatic carbocycles. The van der Waals surface area contributed by atoms with Crippen molar-refractivity contribution in [3.8, 4) is 0 Å². The van der Waals surface area contributed by atoms with Crippen molar-refractivity contribution in [2.45, 2.75) is 40.0 Å². The molecule has 0 amide bonds. The van der Waals surface area contributed by atoms with Crippen LogP contribution >= 0.6 is 0 Å². The van der Waals surface area contributed by atoms with Gasteiger partial charge in [0.1, 0.15) is 0 Å². The van der Waals surface area contributed by atoms with Crippen LogP contribution in [0.15, 0.2) is 0 Å². The Kier molecular flexibility index (Phi) is 4.30. The quantitative estimate of drug-likeness (QED) is 0.663. The third-order valence-corrected chi connectivity index (χ3v) is 2.44. The smallest absolute Gasteiger partial charge is 0.254 e. The van der Waals surface area contributed by atoms with Gasteiger partial charge in [0, 0.05) is 18.4 Å². The van der Waals surface area contributed by atoms with Crippen molar-refractivity contribution in [3.05, 3.63) is 0 Å². The molecular formula is C10H21F2N. The molecule has 0 aromatic rings.